The van der Waals surface area contributed by atoms with Gasteiger partial charge in [-0.2, -0.15) is 0 Å². The van der Waals surface area contributed by atoms with Gasteiger partial charge in [0.15, 0.2) is 0 Å². The molecule has 7 heteroatoms. The molecule has 1 fully saturated rings. The van der Waals surface area contributed by atoms with Crippen molar-refractivity contribution in [2.24, 2.45) is 0 Å². The Kier molecular flexibility index (Phi) is 6.94. The SMILES string of the molecule is COC(=O)CC1COc2cc(O[C@@H]3CCc4c(-c5c(C)cc(OC6CCOC6)cc5C)ccc(F)c43)ccc21. The third-order valence-corrected chi connectivity index (χ3v) is 8.03. The Labute approximate surface area is 228 Å². The lowest BCUT2D eigenvalue weighted by molar-refractivity contribution is -0.141. The number of aryl methyl sites for hydroxylation is 2. The molecule has 0 saturated carbocycles. The van der Waals surface area contributed by atoms with Crippen LogP contribution in [-0.4, -0.2) is 39.0 Å². The van der Waals surface area contributed by atoms with Crippen LogP contribution in [-0.2, 0) is 20.7 Å². The third-order valence-electron chi connectivity index (χ3n) is 8.03. The van der Waals surface area contributed by atoms with E-state index in [0.717, 1.165) is 58.6 Å². The summed E-state index contributed by atoms with van der Waals surface area (Å²) in [6, 6.07) is 13.2. The minimum atomic E-state index is -0.393. The summed E-state index contributed by atoms with van der Waals surface area (Å²) in [6.07, 6.45) is 2.28. The van der Waals surface area contributed by atoms with Gasteiger partial charge in [0, 0.05) is 29.5 Å². The summed E-state index contributed by atoms with van der Waals surface area (Å²) >= 11 is 0. The molecule has 6 rings (SSSR count). The van der Waals surface area contributed by atoms with Crippen LogP contribution in [0.25, 0.3) is 11.1 Å². The summed E-state index contributed by atoms with van der Waals surface area (Å²) in [6.45, 7) is 5.94. The Morgan fingerprint density at radius 1 is 1.00 bits per heavy atom. The van der Waals surface area contributed by atoms with Gasteiger partial charge in [-0.15, -0.1) is 0 Å². The first-order valence-corrected chi connectivity index (χ1v) is 13.6. The molecule has 2 aliphatic heterocycles. The van der Waals surface area contributed by atoms with Crippen molar-refractivity contribution in [3.8, 4) is 28.4 Å². The summed E-state index contributed by atoms with van der Waals surface area (Å²) in [5.41, 5.74) is 6.95. The predicted octanol–water partition coefficient (Wildman–Crippen LogP) is 6.38. The smallest absolute Gasteiger partial charge is 0.306 e. The van der Waals surface area contributed by atoms with Crippen molar-refractivity contribution < 1.29 is 32.9 Å². The number of methoxy groups -OCH3 is 1. The van der Waals surface area contributed by atoms with Gasteiger partial charge in [-0.05, 0) is 78.8 Å². The number of halogens is 1. The Morgan fingerprint density at radius 2 is 1.82 bits per heavy atom. The van der Waals surface area contributed by atoms with Crippen molar-refractivity contribution in [2.45, 2.75) is 57.7 Å². The average Bonchev–Trinajstić information content (AvgIpc) is 3.66. The Morgan fingerprint density at radius 3 is 2.56 bits per heavy atom. The van der Waals surface area contributed by atoms with Gasteiger partial charge in [0.25, 0.3) is 0 Å². The number of carbonyl (C=O) groups excluding carboxylic acids is 1. The summed E-state index contributed by atoms with van der Waals surface area (Å²) in [5.74, 6) is 1.62. The molecule has 204 valence electrons. The Balaban J connectivity index is 1.25. The molecule has 0 bridgehead atoms. The van der Waals surface area contributed by atoms with E-state index in [2.05, 4.69) is 26.0 Å². The lowest BCUT2D eigenvalue weighted by Gasteiger charge is -2.20. The molecule has 3 atom stereocenters. The van der Waals surface area contributed by atoms with Gasteiger partial charge in [0.05, 0.1) is 33.4 Å². The quantitative estimate of drug-likeness (QED) is 0.329. The van der Waals surface area contributed by atoms with E-state index in [1.54, 1.807) is 6.07 Å². The molecule has 0 aromatic heterocycles. The number of hydrogen-bond donors (Lipinski definition) is 0. The molecule has 2 heterocycles. The van der Waals surface area contributed by atoms with Gasteiger partial charge >= 0.3 is 5.97 Å². The van der Waals surface area contributed by atoms with Crippen LogP contribution in [0.15, 0.2) is 42.5 Å². The Bertz CT molecular complexity index is 1390. The molecule has 3 aromatic rings. The first-order valence-electron chi connectivity index (χ1n) is 13.6. The number of fused-ring (bicyclic) bond motifs is 2. The zero-order chi connectivity index (χ0) is 27.1. The fourth-order valence-corrected chi connectivity index (χ4v) is 6.19. The fraction of sp³-hybridized carbons (Fsp3) is 0.406. The highest BCUT2D eigenvalue weighted by atomic mass is 19.1. The summed E-state index contributed by atoms with van der Waals surface area (Å²) in [4.78, 5) is 11.7. The van der Waals surface area contributed by atoms with E-state index >= 15 is 4.39 Å². The number of rotatable bonds is 7. The molecule has 0 amide bonds. The highest BCUT2D eigenvalue weighted by Crippen LogP contribution is 2.45. The molecule has 3 aliphatic rings. The van der Waals surface area contributed by atoms with E-state index in [4.69, 9.17) is 23.7 Å². The molecule has 6 nitrogen and oxygen atoms in total. The van der Waals surface area contributed by atoms with Crippen LogP contribution in [0.5, 0.6) is 17.2 Å². The van der Waals surface area contributed by atoms with Gasteiger partial charge < -0.3 is 23.7 Å². The first-order chi connectivity index (χ1) is 18.9. The van der Waals surface area contributed by atoms with Crippen molar-refractivity contribution in [1.29, 1.82) is 0 Å². The predicted molar refractivity (Wildman–Crippen MR) is 144 cm³/mol. The molecule has 2 unspecified atom stereocenters. The molecule has 0 radical (unpaired) electrons. The minimum Gasteiger partial charge on any atom is -0.492 e. The lowest BCUT2D eigenvalue weighted by Crippen LogP contribution is -2.15. The van der Waals surface area contributed by atoms with Gasteiger partial charge in [-0.25, -0.2) is 4.39 Å². The minimum absolute atomic E-state index is 0.0384. The van der Waals surface area contributed by atoms with Crippen LogP contribution in [0.1, 0.15) is 59.1 Å². The second-order valence-corrected chi connectivity index (χ2v) is 10.7. The molecule has 3 aromatic carbocycles. The standard InChI is InChI=1S/C32H33FO6/c1-18-12-23(38-22-10-11-36-17-22)13-19(2)31(18)25-6-8-27(33)32-26(25)7-9-28(32)39-21-4-5-24-20(14-30(34)35-3)16-37-29(24)15-21/h4-6,8,12-13,15,20,22,28H,7,9-11,14,16-17H2,1-3H3/t20?,22?,28-/m1/s1. The lowest BCUT2D eigenvalue weighted by atomic mass is 9.90. The van der Waals surface area contributed by atoms with Crippen LogP contribution >= 0.6 is 0 Å². The maximum absolute atomic E-state index is 15.3. The molecule has 0 N–H and O–H groups in total. The molecular formula is C32H33FO6. The van der Waals surface area contributed by atoms with E-state index in [-0.39, 0.29) is 30.2 Å². The zero-order valence-electron chi connectivity index (χ0n) is 22.6. The monoisotopic (exact) mass is 532 g/mol. The number of ether oxygens (including phenoxy) is 5. The van der Waals surface area contributed by atoms with Crippen LogP contribution in [0.3, 0.4) is 0 Å². The van der Waals surface area contributed by atoms with Gasteiger partial charge in [0.1, 0.15) is 35.3 Å². The average molecular weight is 533 g/mol. The van der Waals surface area contributed by atoms with Crippen LogP contribution < -0.4 is 14.2 Å². The van der Waals surface area contributed by atoms with Crippen molar-refractivity contribution in [3.05, 3.63) is 76.1 Å². The maximum atomic E-state index is 15.3. The highest BCUT2D eigenvalue weighted by Gasteiger charge is 2.32. The van der Waals surface area contributed by atoms with Crippen molar-refractivity contribution in [3.63, 3.8) is 0 Å². The molecular weight excluding hydrogens is 499 g/mol. The van der Waals surface area contributed by atoms with Crippen molar-refractivity contribution >= 4 is 5.97 Å². The number of esters is 1. The number of hydrogen-bond acceptors (Lipinski definition) is 6. The zero-order valence-corrected chi connectivity index (χ0v) is 22.6. The third kappa shape index (κ3) is 4.96. The molecule has 1 saturated heterocycles. The molecule has 0 spiro atoms. The van der Waals surface area contributed by atoms with E-state index in [0.29, 0.717) is 36.7 Å². The normalized spacial score (nSPS) is 21.3. The topological polar surface area (TPSA) is 63.2 Å². The summed E-state index contributed by atoms with van der Waals surface area (Å²) in [7, 11) is 1.39. The summed E-state index contributed by atoms with van der Waals surface area (Å²) in [5, 5.41) is 0. The Hall–Kier alpha value is -3.58. The van der Waals surface area contributed by atoms with E-state index in [1.807, 2.05) is 24.3 Å². The second-order valence-electron chi connectivity index (χ2n) is 10.7. The van der Waals surface area contributed by atoms with Gasteiger partial charge in [-0.1, -0.05) is 12.1 Å². The second kappa shape index (κ2) is 10.5. The van der Waals surface area contributed by atoms with E-state index in [9.17, 15) is 4.79 Å². The van der Waals surface area contributed by atoms with Gasteiger partial charge in [-0.3, -0.25) is 4.79 Å². The van der Waals surface area contributed by atoms with Crippen LogP contribution in [0, 0.1) is 19.7 Å². The number of carbonyl (C=O) groups is 1. The van der Waals surface area contributed by atoms with Crippen LogP contribution in [0.2, 0.25) is 0 Å². The molecule has 39 heavy (non-hydrogen) atoms. The first kappa shape index (κ1) is 25.7. The maximum Gasteiger partial charge on any atom is 0.306 e. The molecule has 1 aliphatic carbocycles. The largest absolute Gasteiger partial charge is 0.492 e. The van der Waals surface area contributed by atoms with E-state index in [1.165, 1.54) is 7.11 Å². The van der Waals surface area contributed by atoms with Crippen LogP contribution in [0.4, 0.5) is 4.39 Å². The highest BCUT2D eigenvalue weighted by molar-refractivity contribution is 5.76. The van der Waals surface area contributed by atoms with Crippen molar-refractivity contribution in [1.82, 2.24) is 0 Å². The van der Waals surface area contributed by atoms with Crippen molar-refractivity contribution in [2.75, 3.05) is 26.9 Å². The van der Waals surface area contributed by atoms with Gasteiger partial charge in [0.2, 0.25) is 0 Å². The van der Waals surface area contributed by atoms with E-state index < -0.39 is 6.10 Å². The fourth-order valence-electron chi connectivity index (χ4n) is 6.19. The summed E-state index contributed by atoms with van der Waals surface area (Å²) < 4.78 is 43.9. The number of benzene rings is 3.